The Hall–Kier alpha value is -4.01. The molecule has 0 rings (SSSR count). The van der Waals surface area contributed by atoms with E-state index in [1.54, 1.807) is 0 Å². The minimum atomic E-state index is -1.49. The van der Waals surface area contributed by atoms with Crippen molar-refractivity contribution in [3.8, 4) is 0 Å². The molecule has 0 aromatic rings. The summed E-state index contributed by atoms with van der Waals surface area (Å²) in [5.74, 6) is -3.83. The van der Waals surface area contributed by atoms with Crippen molar-refractivity contribution in [1.29, 1.82) is 0 Å². The Morgan fingerprint density at radius 2 is 1.23 bits per heavy atom. The lowest BCUT2D eigenvalue weighted by Gasteiger charge is -2.29. The molecule has 0 radical (unpaired) electrons. The lowest BCUT2D eigenvalue weighted by molar-refractivity contribution is -0.136. The first-order valence-electron chi connectivity index (χ1n) is 19.1. The van der Waals surface area contributed by atoms with Crippen LogP contribution in [0.25, 0.3) is 0 Å². The van der Waals surface area contributed by atoms with Gasteiger partial charge in [0.25, 0.3) is 0 Å². The molecule has 0 aliphatic carbocycles. The maximum absolute atomic E-state index is 13.3. The molecule has 0 aliphatic heterocycles. The molecule has 0 aromatic carbocycles. The van der Waals surface area contributed by atoms with Crippen molar-refractivity contribution in [3.05, 3.63) is 12.2 Å². The quantitative estimate of drug-likeness (QED) is 0.0455. The number of nitrogens with one attached hydrogen (secondary N) is 7. The number of rotatable bonds is 27. The molecule has 0 fully saturated rings. The van der Waals surface area contributed by atoms with Gasteiger partial charge in [-0.15, -0.1) is 0 Å². The Morgan fingerprint density at radius 3 is 1.81 bits per heavy atom. The molecule has 0 aromatic heterocycles. The average Bonchev–Trinajstić information content (AvgIpc) is 3.08. The second-order valence-electron chi connectivity index (χ2n) is 15.1. The largest absolute Gasteiger partial charge is 0.394 e. The van der Waals surface area contributed by atoms with Crippen LogP contribution in [0.2, 0.25) is 0 Å². The SMILES string of the molecule is CCCCCC=CCCC(=O)NCC(=O)NCC(=O)NC(CC(C)C)C(=O)NC(C)(C)C(=O)NCC(=O)NC(C(=O)NC(CO)CC(C)C)C(C)CC. The third-order valence-corrected chi connectivity index (χ3v) is 8.48. The van der Waals surface area contributed by atoms with Crippen molar-refractivity contribution < 1.29 is 38.7 Å². The maximum atomic E-state index is 13.3. The monoisotopic (exact) mass is 752 g/mol. The van der Waals surface area contributed by atoms with Gasteiger partial charge < -0.3 is 42.3 Å². The maximum Gasteiger partial charge on any atom is 0.245 e. The molecule has 4 unspecified atom stereocenters. The fourth-order valence-electron chi connectivity index (χ4n) is 5.22. The highest BCUT2D eigenvalue weighted by molar-refractivity contribution is 5.96. The molecular weight excluding hydrogens is 682 g/mol. The van der Waals surface area contributed by atoms with Gasteiger partial charge in [0.15, 0.2) is 0 Å². The van der Waals surface area contributed by atoms with Crippen molar-refractivity contribution in [1.82, 2.24) is 37.2 Å². The molecule has 7 amide bonds. The van der Waals surface area contributed by atoms with E-state index in [4.69, 9.17) is 0 Å². The first-order chi connectivity index (χ1) is 24.9. The van der Waals surface area contributed by atoms with Gasteiger partial charge in [-0.2, -0.15) is 0 Å². The zero-order valence-electron chi connectivity index (χ0n) is 33.6. The Bertz CT molecular complexity index is 1200. The number of allylic oxidation sites excluding steroid dienone is 2. The number of unbranched alkanes of at least 4 members (excludes halogenated alkanes) is 3. The predicted molar refractivity (Wildman–Crippen MR) is 205 cm³/mol. The van der Waals surface area contributed by atoms with Crippen molar-refractivity contribution in [2.75, 3.05) is 26.2 Å². The molecule has 0 heterocycles. The number of aliphatic hydroxyl groups excluding tert-OH is 1. The summed E-state index contributed by atoms with van der Waals surface area (Å²) in [5.41, 5.74) is -1.49. The van der Waals surface area contributed by atoms with Gasteiger partial charge in [-0.1, -0.05) is 79.9 Å². The lowest BCUT2D eigenvalue weighted by atomic mass is 9.97. The number of hydrogen-bond acceptors (Lipinski definition) is 8. The van der Waals surface area contributed by atoms with Crippen LogP contribution in [-0.4, -0.2) is 96.4 Å². The summed E-state index contributed by atoms with van der Waals surface area (Å²) in [6.07, 6.45) is 10.6. The fraction of sp³-hybridized carbons (Fsp3) is 0.763. The van der Waals surface area contributed by atoms with Gasteiger partial charge in [0, 0.05) is 6.42 Å². The Balaban J connectivity index is 5.05. The Morgan fingerprint density at radius 1 is 0.660 bits per heavy atom. The van der Waals surface area contributed by atoms with Gasteiger partial charge >= 0.3 is 0 Å². The minimum Gasteiger partial charge on any atom is -0.394 e. The molecule has 4 atom stereocenters. The van der Waals surface area contributed by atoms with Crippen LogP contribution in [0, 0.1) is 17.8 Å². The van der Waals surface area contributed by atoms with E-state index in [9.17, 15) is 38.7 Å². The van der Waals surface area contributed by atoms with E-state index in [1.165, 1.54) is 20.3 Å². The molecule has 304 valence electrons. The molecule has 15 heteroatoms. The predicted octanol–water partition coefficient (Wildman–Crippen LogP) is 1.73. The van der Waals surface area contributed by atoms with Crippen LogP contribution in [0.1, 0.15) is 120 Å². The topological polar surface area (TPSA) is 224 Å². The summed E-state index contributed by atoms with van der Waals surface area (Å²) in [5, 5.41) is 27.8. The highest BCUT2D eigenvalue weighted by atomic mass is 16.3. The van der Waals surface area contributed by atoms with Crippen LogP contribution in [0.4, 0.5) is 0 Å². The Kier molecular flexibility index (Phi) is 24.7. The van der Waals surface area contributed by atoms with Crippen LogP contribution in [0.5, 0.6) is 0 Å². The molecular formula is C38H69N7O8. The second kappa shape index (κ2) is 26.7. The van der Waals surface area contributed by atoms with E-state index < -0.39 is 72.2 Å². The summed E-state index contributed by atoms with van der Waals surface area (Å²) in [4.78, 5) is 89.2. The molecule has 0 spiro atoms. The second-order valence-corrected chi connectivity index (χ2v) is 15.1. The highest BCUT2D eigenvalue weighted by Crippen LogP contribution is 2.11. The molecule has 53 heavy (non-hydrogen) atoms. The average molecular weight is 752 g/mol. The van der Waals surface area contributed by atoms with E-state index in [0.29, 0.717) is 19.3 Å². The van der Waals surface area contributed by atoms with E-state index in [0.717, 1.165) is 19.3 Å². The third kappa shape index (κ3) is 22.6. The van der Waals surface area contributed by atoms with Gasteiger partial charge in [-0.05, 0) is 63.7 Å². The van der Waals surface area contributed by atoms with Crippen molar-refractivity contribution >= 4 is 41.4 Å². The van der Waals surface area contributed by atoms with Crippen molar-refractivity contribution in [2.45, 2.75) is 144 Å². The van der Waals surface area contributed by atoms with Crippen LogP contribution >= 0.6 is 0 Å². The number of aliphatic hydroxyl groups is 1. The van der Waals surface area contributed by atoms with Gasteiger partial charge in [0.2, 0.25) is 41.4 Å². The molecule has 8 N–H and O–H groups in total. The molecule has 0 saturated heterocycles. The zero-order chi connectivity index (χ0) is 40.6. The van der Waals surface area contributed by atoms with Crippen LogP contribution in [0.15, 0.2) is 12.2 Å². The first-order valence-corrected chi connectivity index (χ1v) is 19.1. The summed E-state index contributed by atoms with van der Waals surface area (Å²) in [6.45, 7) is 15.0. The van der Waals surface area contributed by atoms with Gasteiger partial charge in [-0.3, -0.25) is 33.6 Å². The molecule has 0 saturated carbocycles. The van der Waals surface area contributed by atoms with Crippen LogP contribution < -0.4 is 37.2 Å². The smallest absolute Gasteiger partial charge is 0.245 e. The summed E-state index contributed by atoms with van der Waals surface area (Å²) < 4.78 is 0. The minimum absolute atomic E-state index is 0.0173. The fourth-order valence-corrected chi connectivity index (χ4v) is 5.22. The van der Waals surface area contributed by atoms with Gasteiger partial charge in [0.1, 0.15) is 17.6 Å². The van der Waals surface area contributed by atoms with Crippen molar-refractivity contribution in [2.24, 2.45) is 17.8 Å². The van der Waals surface area contributed by atoms with Crippen LogP contribution in [-0.2, 0) is 33.6 Å². The van der Waals surface area contributed by atoms with Crippen LogP contribution in [0.3, 0.4) is 0 Å². The molecule has 0 bridgehead atoms. The summed E-state index contributed by atoms with van der Waals surface area (Å²) in [6, 6.07) is -2.38. The highest BCUT2D eigenvalue weighted by Gasteiger charge is 2.34. The van der Waals surface area contributed by atoms with Gasteiger partial charge in [-0.25, -0.2) is 0 Å². The van der Waals surface area contributed by atoms with Crippen molar-refractivity contribution in [3.63, 3.8) is 0 Å². The number of carbonyl (C=O) groups excluding carboxylic acids is 7. The van der Waals surface area contributed by atoms with E-state index in [2.05, 4.69) is 50.2 Å². The number of carbonyl (C=O) groups is 7. The third-order valence-electron chi connectivity index (χ3n) is 8.48. The zero-order valence-corrected chi connectivity index (χ0v) is 33.6. The van der Waals surface area contributed by atoms with Gasteiger partial charge in [0.05, 0.1) is 32.3 Å². The van der Waals surface area contributed by atoms with E-state index in [1.807, 2.05) is 47.6 Å². The molecule has 15 nitrogen and oxygen atoms in total. The normalized spacial score (nSPS) is 13.8. The lowest BCUT2D eigenvalue weighted by Crippen LogP contribution is -2.61. The summed E-state index contributed by atoms with van der Waals surface area (Å²) in [7, 11) is 0. The standard InChI is InChI=1S/C38H69N7O8/c1-10-12-13-14-15-16-17-18-30(47)39-21-31(48)40-22-32(49)43-29(20-26(5)6)35(51)45-38(8,9)37(53)41-23-33(50)44-34(27(7)11-2)36(52)42-28(24-46)19-25(3)4/h15-16,25-29,34,46H,10-14,17-24H2,1-9H3,(H,39,47)(H,40,48)(H,41,53)(H,42,52)(H,43,49)(H,44,50)(H,45,51). The first kappa shape index (κ1) is 49.0. The van der Waals surface area contributed by atoms with E-state index in [-0.39, 0.29) is 49.7 Å². The number of amides is 7. The Labute approximate surface area is 316 Å². The summed E-state index contributed by atoms with van der Waals surface area (Å²) >= 11 is 0. The number of hydrogen-bond donors (Lipinski definition) is 8. The molecule has 0 aliphatic rings. The van der Waals surface area contributed by atoms with E-state index >= 15 is 0 Å².